The number of aromatic nitrogens is 3. The Morgan fingerprint density at radius 2 is 2.32 bits per heavy atom. The van der Waals surface area contributed by atoms with Gasteiger partial charge in [0.05, 0.1) is 19.5 Å². The van der Waals surface area contributed by atoms with Crippen LogP contribution in [0.5, 0.6) is 0 Å². The highest BCUT2D eigenvalue weighted by Gasteiger charge is 2.25. The zero-order chi connectivity index (χ0) is 16.1. The second-order valence-electron chi connectivity index (χ2n) is 4.69. The van der Waals surface area contributed by atoms with Gasteiger partial charge in [-0.3, -0.25) is 4.79 Å². The Kier molecular flexibility index (Phi) is 4.89. The molecule has 0 radical (unpaired) electrons. The zero-order valence-electron chi connectivity index (χ0n) is 12.2. The van der Waals surface area contributed by atoms with Gasteiger partial charge in [-0.05, 0) is 6.92 Å². The van der Waals surface area contributed by atoms with Crippen LogP contribution in [0.25, 0.3) is 0 Å². The van der Waals surface area contributed by atoms with Gasteiger partial charge in [-0.15, -0.1) is 0 Å². The van der Waals surface area contributed by atoms with E-state index < -0.39 is 24.0 Å². The van der Waals surface area contributed by atoms with Crippen LogP contribution in [0.3, 0.4) is 0 Å². The van der Waals surface area contributed by atoms with Crippen molar-refractivity contribution in [2.75, 3.05) is 7.11 Å². The summed E-state index contributed by atoms with van der Waals surface area (Å²) in [5, 5.41) is 2.55. The molecule has 0 aliphatic heterocycles. The van der Waals surface area contributed by atoms with Crippen LogP contribution in [0, 0.1) is 0 Å². The number of hydrogen-bond acceptors (Lipinski definition) is 7. The van der Waals surface area contributed by atoms with Crippen LogP contribution in [0.4, 0.5) is 0 Å². The number of imidazole rings is 1. The van der Waals surface area contributed by atoms with Crippen molar-refractivity contribution in [3.63, 3.8) is 0 Å². The number of aromatic amines is 1. The van der Waals surface area contributed by atoms with Crippen molar-refractivity contribution in [2.24, 2.45) is 5.73 Å². The quantitative estimate of drug-likeness (QED) is 0.635. The van der Waals surface area contributed by atoms with E-state index in [0.29, 0.717) is 5.69 Å². The van der Waals surface area contributed by atoms with Crippen LogP contribution < -0.4 is 11.1 Å². The summed E-state index contributed by atoms with van der Waals surface area (Å²) in [4.78, 5) is 34.6. The molecule has 0 saturated carbocycles. The Morgan fingerprint density at radius 3 is 2.86 bits per heavy atom. The van der Waals surface area contributed by atoms with Crippen molar-refractivity contribution in [1.82, 2.24) is 20.3 Å². The number of amides is 1. The number of rotatable bonds is 6. The molecular weight excluding hydrogens is 290 g/mol. The van der Waals surface area contributed by atoms with Crippen LogP contribution >= 0.6 is 0 Å². The standard InChI is InChI=1S/C13H17N5O4/c1-7(14)12-18-10(5-22-12)11(19)17-9(13(20)21-2)3-8-4-15-6-16-8/h4-7,9H,3,14H2,1-2H3,(H,15,16)(H,17,19). The first-order valence-corrected chi connectivity index (χ1v) is 6.58. The van der Waals surface area contributed by atoms with Gasteiger partial charge in [-0.2, -0.15) is 0 Å². The third kappa shape index (κ3) is 3.70. The van der Waals surface area contributed by atoms with Gasteiger partial charge in [0.1, 0.15) is 12.3 Å². The van der Waals surface area contributed by atoms with Crippen molar-refractivity contribution >= 4 is 11.9 Å². The summed E-state index contributed by atoms with van der Waals surface area (Å²) in [6.45, 7) is 1.68. The Hall–Kier alpha value is -2.68. The molecule has 0 aliphatic carbocycles. The smallest absolute Gasteiger partial charge is 0.328 e. The van der Waals surface area contributed by atoms with E-state index in [1.165, 1.54) is 19.7 Å². The van der Waals surface area contributed by atoms with E-state index in [2.05, 4.69) is 25.0 Å². The highest BCUT2D eigenvalue weighted by atomic mass is 16.5. The first-order chi connectivity index (χ1) is 10.5. The summed E-state index contributed by atoms with van der Waals surface area (Å²) < 4.78 is 9.78. The number of nitrogens with one attached hydrogen (secondary N) is 2. The minimum Gasteiger partial charge on any atom is -0.467 e. The molecule has 0 fully saturated rings. The SMILES string of the molecule is COC(=O)C(Cc1cnc[nH]1)NC(=O)c1coc(C(C)N)n1. The Morgan fingerprint density at radius 1 is 1.55 bits per heavy atom. The molecule has 118 valence electrons. The van der Waals surface area contributed by atoms with Crippen LogP contribution in [-0.4, -0.2) is 40.0 Å². The van der Waals surface area contributed by atoms with Crippen LogP contribution in [0.1, 0.15) is 35.0 Å². The molecule has 0 aromatic carbocycles. The van der Waals surface area contributed by atoms with Gasteiger partial charge >= 0.3 is 5.97 Å². The van der Waals surface area contributed by atoms with Crippen molar-refractivity contribution in [3.8, 4) is 0 Å². The van der Waals surface area contributed by atoms with E-state index in [0.717, 1.165) is 0 Å². The molecule has 2 aromatic rings. The van der Waals surface area contributed by atoms with Crippen LogP contribution in [0.15, 0.2) is 23.2 Å². The number of nitrogens with two attached hydrogens (primary N) is 1. The molecule has 0 bridgehead atoms. The molecule has 2 heterocycles. The van der Waals surface area contributed by atoms with Gasteiger partial charge < -0.3 is 25.2 Å². The first-order valence-electron chi connectivity index (χ1n) is 6.58. The summed E-state index contributed by atoms with van der Waals surface area (Å²) in [6.07, 6.45) is 4.46. The molecule has 0 aliphatic rings. The maximum atomic E-state index is 12.1. The topological polar surface area (TPSA) is 136 Å². The van der Waals surface area contributed by atoms with Gasteiger partial charge in [0.15, 0.2) is 5.69 Å². The Labute approximate surface area is 126 Å². The summed E-state index contributed by atoms with van der Waals surface area (Å²) >= 11 is 0. The van der Waals surface area contributed by atoms with E-state index in [4.69, 9.17) is 10.2 Å². The average Bonchev–Trinajstić information content (AvgIpc) is 3.16. The van der Waals surface area contributed by atoms with Crippen molar-refractivity contribution in [1.29, 1.82) is 0 Å². The monoisotopic (exact) mass is 307 g/mol. The molecule has 2 rings (SSSR count). The van der Waals surface area contributed by atoms with Crippen molar-refractivity contribution in [3.05, 3.63) is 36.1 Å². The lowest BCUT2D eigenvalue weighted by molar-refractivity contribution is -0.142. The first kappa shape index (κ1) is 15.7. The number of oxazole rings is 1. The molecular formula is C13H17N5O4. The highest BCUT2D eigenvalue weighted by Crippen LogP contribution is 2.09. The Bertz CT molecular complexity index is 635. The molecule has 1 amide bonds. The number of carbonyl (C=O) groups is 2. The average molecular weight is 307 g/mol. The maximum absolute atomic E-state index is 12.1. The minimum atomic E-state index is -0.867. The molecule has 4 N–H and O–H groups in total. The van der Waals surface area contributed by atoms with E-state index >= 15 is 0 Å². The second-order valence-corrected chi connectivity index (χ2v) is 4.69. The van der Waals surface area contributed by atoms with Gasteiger partial charge in [0.2, 0.25) is 5.89 Å². The fraction of sp³-hybridized carbons (Fsp3) is 0.385. The molecule has 9 heteroatoms. The van der Waals surface area contributed by atoms with Gasteiger partial charge in [0.25, 0.3) is 5.91 Å². The number of ether oxygens (including phenoxy) is 1. The number of hydrogen-bond donors (Lipinski definition) is 3. The lowest BCUT2D eigenvalue weighted by Crippen LogP contribution is -2.43. The predicted molar refractivity (Wildman–Crippen MR) is 74.7 cm³/mol. The molecule has 2 unspecified atom stereocenters. The molecule has 0 spiro atoms. The molecule has 22 heavy (non-hydrogen) atoms. The third-order valence-corrected chi connectivity index (χ3v) is 2.91. The van der Waals surface area contributed by atoms with Crippen molar-refractivity contribution in [2.45, 2.75) is 25.4 Å². The van der Waals surface area contributed by atoms with Crippen LogP contribution in [-0.2, 0) is 16.0 Å². The summed E-state index contributed by atoms with van der Waals surface area (Å²) in [5.41, 5.74) is 6.35. The molecule has 2 atom stereocenters. The van der Waals surface area contributed by atoms with Gasteiger partial charge in [0, 0.05) is 18.3 Å². The highest BCUT2D eigenvalue weighted by molar-refractivity contribution is 5.95. The van der Waals surface area contributed by atoms with Gasteiger partial charge in [-0.1, -0.05) is 0 Å². The number of nitrogens with zero attached hydrogens (tertiary/aromatic N) is 2. The number of methoxy groups -OCH3 is 1. The van der Waals surface area contributed by atoms with E-state index in [1.54, 1.807) is 13.1 Å². The normalized spacial score (nSPS) is 13.4. The van der Waals surface area contributed by atoms with E-state index in [-0.39, 0.29) is 18.0 Å². The summed E-state index contributed by atoms with van der Waals surface area (Å²) in [6, 6.07) is -1.30. The fourth-order valence-electron chi connectivity index (χ4n) is 1.79. The minimum absolute atomic E-state index is 0.0470. The van der Waals surface area contributed by atoms with Crippen molar-refractivity contribution < 1.29 is 18.7 Å². The van der Waals surface area contributed by atoms with Crippen LogP contribution in [0.2, 0.25) is 0 Å². The lowest BCUT2D eigenvalue weighted by atomic mass is 10.1. The summed E-state index contributed by atoms with van der Waals surface area (Å²) in [5.74, 6) is -0.877. The molecule has 9 nitrogen and oxygen atoms in total. The maximum Gasteiger partial charge on any atom is 0.328 e. The second kappa shape index (κ2) is 6.85. The predicted octanol–water partition coefficient (Wildman–Crippen LogP) is -0.0685. The lowest BCUT2D eigenvalue weighted by Gasteiger charge is -2.14. The van der Waals surface area contributed by atoms with E-state index in [9.17, 15) is 9.59 Å². The molecule has 2 aromatic heterocycles. The number of carbonyl (C=O) groups excluding carboxylic acids is 2. The fourth-order valence-corrected chi connectivity index (χ4v) is 1.79. The third-order valence-electron chi connectivity index (χ3n) is 2.91. The van der Waals surface area contributed by atoms with Gasteiger partial charge in [-0.25, -0.2) is 14.8 Å². The summed E-state index contributed by atoms with van der Waals surface area (Å²) in [7, 11) is 1.25. The largest absolute Gasteiger partial charge is 0.467 e. The number of H-pyrrole nitrogens is 1. The number of esters is 1. The molecule has 0 saturated heterocycles. The zero-order valence-corrected chi connectivity index (χ0v) is 12.2. The van der Waals surface area contributed by atoms with E-state index in [1.807, 2.05) is 0 Å². The Balaban J connectivity index is 2.08.